The molecule has 156 valence electrons. The smallest absolute Gasteiger partial charge is 0.234 e. The molecule has 1 N–H and O–H groups in total. The topological polar surface area (TPSA) is 78.3 Å². The van der Waals surface area contributed by atoms with Crippen molar-refractivity contribution in [2.45, 2.75) is 11.7 Å². The number of ether oxygens (including phenoxy) is 2. The third kappa shape index (κ3) is 5.34. The number of anilines is 1. The Balaban J connectivity index is 1.71. The number of amides is 1. The van der Waals surface area contributed by atoms with Crippen LogP contribution in [0.15, 0.2) is 60.3 Å². The first-order valence-electron chi connectivity index (χ1n) is 8.99. The number of nitrogens with one attached hydrogen (secondary N) is 1. The standard InChI is InChI=1S/C21H21ClN4O3S/c1-4-9-26-20(14-5-7-15(22)8-6-14)24-25-21(26)30-13-19(27)23-16-10-17(28-2)12-18(11-16)29-3/h4-8,10-12H,1,9,13H2,2-3H3,(H,23,27). The molecule has 1 aromatic heterocycles. The molecule has 0 spiro atoms. The molecule has 30 heavy (non-hydrogen) atoms. The fourth-order valence-electron chi connectivity index (χ4n) is 2.71. The van der Waals surface area contributed by atoms with Gasteiger partial charge in [0.2, 0.25) is 5.91 Å². The molecule has 0 bridgehead atoms. The van der Waals surface area contributed by atoms with Crippen molar-refractivity contribution in [2.75, 3.05) is 25.3 Å². The average molecular weight is 445 g/mol. The minimum Gasteiger partial charge on any atom is -0.497 e. The molecule has 0 aliphatic rings. The SMILES string of the molecule is C=CCn1c(SCC(=O)Nc2cc(OC)cc(OC)c2)nnc1-c1ccc(Cl)cc1. The van der Waals surface area contributed by atoms with Crippen LogP contribution >= 0.6 is 23.4 Å². The monoisotopic (exact) mass is 444 g/mol. The van der Waals surface area contributed by atoms with Crippen LogP contribution in [0.5, 0.6) is 11.5 Å². The molecule has 0 radical (unpaired) electrons. The van der Waals surface area contributed by atoms with E-state index in [0.29, 0.717) is 39.7 Å². The van der Waals surface area contributed by atoms with Gasteiger partial charge in [-0.2, -0.15) is 0 Å². The second kappa shape index (κ2) is 10.2. The minimum atomic E-state index is -0.184. The number of nitrogens with zero attached hydrogens (tertiary/aromatic N) is 3. The molecule has 3 rings (SSSR count). The highest BCUT2D eigenvalue weighted by atomic mass is 35.5. The quantitative estimate of drug-likeness (QED) is 0.386. The van der Waals surface area contributed by atoms with Crippen LogP contribution in [-0.2, 0) is 11.3 Å². The molecular formula is C21H21ClN4O3S. The Morgan fingerprint density at radius 2 is 1.83 bits per heavy atom. The van der Waals surface area contributed by atoms with Gasteiger partial charge in [0.05, 0.1) is 20.0 Å². The van der Waals surface area contributed by atoms with Crippen molar-refractivity contribution < 1.29 is 14.3 Å². The lowest BCUT2D eigenvalue weighted by atomic mass is 10.2. The molecule has 0 atom stereocenters. The number of carbonyl (C=O) groups is 1. The van der Waals surface area contributed by atoms with Crippen LogP contribution in [-0.4, -0.2) is 40.6 Å². The molecule has 0 fully saturated rings. The number of thioether (sulfide) groups is 1. The number of rotatable bonds is 9. The van der Waals surface area contributed by atoms with E-state index in [2.05, 4.69) is 22.1 Å². The van der Waals surface area contributed by atoms with E-state index in [1.54, 1.807) is 50.6 Å². The number of aromatic nitrogens is 3. The van der Waals surface area contributed by atoms with E-state index >= 15 is 0 Å². The summed E-state index contributed by atoms with van der Waals surface area (Å²) in [5, 5.41) is 12.6. The third-order valence-corrected chi connectivity index (χ3v) is 5.32. The second-order valence-electron chi connectivity index (χ2n) is 6.15. The van der Waals surface area contributed by atoms with Crippen LogP contribution in [0.4, 0.5) is 5.69 Å². The zero-order valence-electron chi connectivity index (χ0n) is 16.6. The van der Waals surface area contributed by atoms with Gasteiger partial charge in [0.25, 0.3) is 0 Å². The maximum absolute atomic E-state index is 12.5. The van der Waals surface area contributed by atoms with E-state index < -0.39 is 0 Å². The summed E-state index contributed by atoms with van der Waals surface area (Å²) in [7, 11) is 3.11. The highest BCUT2D eigenvalue weighted by Gasteiger charge is 2.15. The molecular weight excluding hydrogens is 424 g/mol. The van der Waals surface area contributed by atoms with Crippen LogP contribution in [0.2, 0.25) is 5.02 Å². The summed E-state index contributed by atoms with van der Waals surface area (Å²) in [6.45, 7) is 4.32. The lowest BCUT2D eigenvalue weighted by Gasteiger charge is -2.10. The predicted molar refractivity (Wildman–Crippen MR) is 120 cm³/mol. The van der Waals surface area contributed by atoms with Gasteiger partial charge in [-0.1, -0.05) is 29.4 Å². The predicted octanol–water partition coefficient (Wildman–Crippen LogP) is 4.53. The third-order valence-electron chi connectivity index (χ3n) is 4.10. The van der Waals surface area contributed by atoms with Gasteiger partial charge >= 0.3 is 0 Å². The number of halogens is 1. The molecule has 2 aromatic carbocycles. The summed E-state index contributed by atoms with van der Waals surface area (Å²) < 4.78 is 12.4. The van der Waals surface area contributed by atoms with Crippen LogP contribution in [0.3, 0.4) is 0 Å². The Hall–Kier alpha value is -2.97. The molecule has 7 nitrogen and oxygen atoms in total. The normalized spacial score (nSPS) is 10.5. The van der Waals surface area contributed by atoms with Gasteiger partial charge in [0.15, 0.2) is 11.0 Å². The Morgan fingerprint density at radius 3 is 2.43 bits per heavy atom. The van der Waals surface area contributed by atoms with Crippen LogP contribution in [0.1, 0.15) is 0 Å². The Labute approximate surface area is 184 Å². The van der Waals surface area contributed by atoms with Gasteiger partial charge in [-0.15, -0.1) is 16.8 Å². The summed E-state index contributed by atoms with van der Waals surface area (Å²) in [5.74, 6) is 1.85. The van der Waals surface area contributed by atoms with Gasteiger partial charge in [-0.25, -0.2) is 0 Å². The first kappa shape index (κ1) is 21.7. The van der Waals surface area contributed by atoms with E-state index in [4.69, 9.17) is 21.1 Å². The van der Waals surface area contributed by atoms with Crippen LogP contribution in [0.25, 0.3) is 11.4 Å². The zero-order chi connectivity index (χ0) is 21.5. The number of hydrogen-bond acceptors (Lipinski definition) is 6. The maximum atomic E-state index is 12.5. The first-order valence-corrected chi connectivity index (χ1v) is 10.4. The Morgan fingerprint density at radius 1 is 1.17 bits per heavy atom. The largest absolute Gasteiger partial charge is 0.497 e. The highest BCUT2D eigenvalue weighted by Crippen LogP contribution is 2.27. The maximum Gasteiger partial charge on any atom is 0.234 e. The molecule has 1 amide bonds. The van der Waals surface area contributed by atoms with Crippen molar-refractivity contribution in [3.63, 3.8) is 0 Å². The summed E-state index contributed by atoms with van der Waals surface area (Å²) in [5.41, 5.74) is 1.47. The summed E-state index contributed by atoms with van der Waals surface area (Å²) in [6, 6.07) is 12.5. The van der Waals surface area contributed by atoms with E-state index in [1.165, 1.54) is 11.8 Å². The Bertz CT molecular complexity index is 1010. The molecule has 1 heterocycles. The van der Waals surface area contributed by atoms with E-state index in [0.717, 1.165) is 5.56 Å². The van der Waals surface area contributed by atoms with Gasteiger partial charge in [0, 0.05) is 41.0 Å². The van der Waals surface area contributed by atoms with Gasteiger partial charge in [0.1, 0.15) is 11.5 Å². The van der Waals surface area contributed by atoms with Crippen molar-refractivity contribution in [1.82, 2.24) is 14.8 Å². The Kier molecular flexibility index (Phi) is 7.37. The lowest BCUT2D eigenvalue weighted by Crippen LogP contribution is -2.15. The molecule has 0 aliphatic heterocycles. The summed E-state index contributed by atoms with van der Waals surface area (Å²) in [6.07, 6.45) is 1.76. The molecule has 3 aromatic rings. The fourth-order valence-corrected chi connectivity index (χ4v) is 3.58. The molecule has 0 aliphatic carbocycles. The summed E-state index contributed by atoms with van der Waals surface area (Å²) >= 11 is 7.27. The number of hydrogen-bond donors (Lipinski definition) is 1. The van der Waals surface area contributed by atoms with Crippen LogP contribution in [0, 0.1) is 0 Å². The van der Waals surface area contributed by atoms with Crippen molar-refractivity contribution in [3.8, 4) is 22.9 Å². The average Bonchev–Trinajstić information content (AvgIpc) is 3.15. The second-order valence-corrected chi connectivity index (χ2v) is 7.53. The first-order chi connectivity index (χ1) is 14.5. The van der Waals surface area contributed by atoms with Crippen molar-refractivity contribution in [1.29, 1.82) is 0 Å². The fraction of sp³-hybridized carbons (Fsp3) is 0.190. The van der Waals surface area contributed by atoms with Gasteiger partial charge in [-0.3, -0.25) is 9.36 Å². The molecule has 0 unspecified atom stereocenters. The van der Waals surface area contributed by atoms with E-state index in [-0.39, 0.29) is 11.7 Å². The van der Waals surface area contributed by atoms with E-state index in [1.807, 2.05) is 16.7 Å². The van der Waals surface area contributed by atoms with Crippen molar-refractivity contribution >= 4 is 35.0 Å². The number of allylic oxidation sites excluding steroid dienone is 1. The number of carbonyl (C=O) groups excluding carboxylic acids is 1. The zero-order valence-corrected chi connectivity index (χ0v) is 18.2. The van der Waals surface area contributed by atoms with E-state index in [9.17, 15) is 4.79 Å². The lowest BCUT2D eigenvalue weighted by molar-refractivity contribution is -0.113. The number of methoxy groups -OCH3 is 2. The molecule has 9 heteroatoms. The number of benzene rings is 2. The van der Waals surface area contributed by atoms with Crippen molar-refractivity contribution in [3.05, 3.63) is 60.1 Å². The van der Waals surface area contributed by atoms with Crippen molar-refractivity contribution in [2.24, 2.45) is 0 Å². The van der Waals surface area contributed by atoms with Gasteiger partial charge < -0.3 is 14.8 Å². The molecule has 0 saturated carbocycles. The summed E-state index contributed by atoms with van der Waals surface area (Å²) in [4.78, 5) is 12.5. The minimum absolute atomic E-state index is 0.162. The highest BCUT2D eigenvalue weighted by molar-refractivity contribution is 7.99. The molecule has 0 saturated heterocycles. The van der Waals surface area contributed by atoms with Crippen LogP contribution < -0.4 is 14.8 Å². The van der Waals surface area contributed by atoms with Gasteiger partial charge in [-0.05, 0) is 24.3 Å².